The summed E-state index contributed by atoms with van der Waals surface area (Å²) in [5.74, 6) is -0.584. The Morgan fingerprint density at radius 1 is 1.40 bits per heavy atom. The molecule has 1 aliphatic heterocycles. The van der Waals surface area contributed by atoms with Crippen molar-refractivity contribution in [3.8, 4) is 0 Å². The monoisotopic (exact) mass is 214 g/mol. The molecule has 1 radical (unpaired) electrons. The Balaban J connectivity index is 2.89. The summed E-state index contributed by atoms with van der Waals surface area (Å²) in [5, 5.41) is 13.0. The first-order valence-electron chi connectivity index (χ1n) is 5.37. The highest BCUT2D eigenvalue weighted by atomic mass is 16.5. The summed E-state index contributed by atoms with van der Waals surface area (Å²) in [6, 6.07) is 0. The van der Waals surface area contributed by atoms with Crippen LogP contribution in [-0.4, -0.2) is 28.7 Å². The number of esters is 1. The Morgan fingerprint density at radius 2 is 1.93 bits per heavy atom. The van der Waals surface area contributed by atoms with Crippen LogP contribution < -0.4 is 0 Å². The zero-order valence-corrected chi connectivity index (χ0v) is 10.2. The van der Waals surface area contributed by atoms with Crippen molar-refractivity contribution in [3.63, 3.8) is 0 Å². The van der Waals surface area contributed by atoms with E-state index in [0.717, 1.165) is 5.06 Å². The van der Waals surface area contributed by atoms with Gasteiger partial charge in [0, 0.05) is 5.54 Å². The molecular formula is C11H20NO3. The van der Waals surface area contributed by atoms with Crippen LogP contribution in [0.1, 0.15) is 41.0 Å². The molecule has 0 aliphatic carbocycles. The van der Waals surface area contributed by atoms with Crippen LogP contribution in [0.25, 0.3) is 0 Å². The number of hydroxylamine groups is 2. The third kappa shape index (κ3) is 2.01. The number of carbonyl (C=O) groups is 1. The molecule has 0 bridgehead atoms. The molecule has 1 saturated heterocycles. The van der Waals surface area contributed by atoms with E-state index in [1.54, 1.807) is 20.8 Å². The average Bonchev–Trinajstić information content (AvgIpc) is 2.27. The quantitative estimate of drug-likeness (QED) is 0.658. The fraction of sp³-hybridized carbons (Fsp3) is 0.909. The van der Waals surface area contributed by atoms with E-state index < -0.39 is 11.1 Å². The van der Waals surface area contributed by atoms with Gasteiger partial charge in [-0.3, -0.25) is 4.79 Å². The van der Waals surface area contributed by atoms with Gasteiger partial charge in [0.2, 0.25) is 0 Å². The first kappa shape index (κ1) is 12.5. The fourth-order valence-electron chi connectivity index (χ4n) is 2.37. The Labute approximate surface area is 91.2 Å². The highest BCUT2D eigenvalue weighted by molar-refractivity contribution is 5.74. The SMILES string of the molecule is CCOC(=O)C1CC(C)(C)N([O])C1(C)C. The Morgan fingerprint density at radius 3 is 2.27 bits per heavy atom. The molecule has 0 spiro atoms. The minimum Gasteiger partial charge on any atom is -0.466 e. The van der Waals surface area contributed by atoms with Crippen LogP contribution in [0.4, 0.5) is 0 Å². The van der Waals surface area contributed by atoms with Gasteiger partial charge in [-0.25, -0.2) is 0 Å². The first-order valence-corrected chi connectivity index (χ1v) is 5.37. The van der Waals surface area contributed by atoms with Crippen LogP contribution in [-0.2, 0) is 14.7 Å². The molecule has 15 heavy (non-hydrogen) atoms. The summed E-state index contributed by atoms with van der Waals surface area (Å²) in [6.45, 7) is 9.47. The van der Waals surface area contributed by atoms with E-state index in [4.69, 9.17) is 4.74 Å². The van der Waals surface area contributed by atoms with E-state index in [2.05, 4.69) is 0 Å². The number of ether oxygens (including phenoxy) is 1. The van der Waals surface area contributed by atoms with Gasteiger partial charge >= 0.3 is 5.97 Å². The van der Waals surface area contributed by atoms with E-state index >= 15 is 0 Å². The molecule has 4 heteroatoms. The summed E-state index contributed by atoms with van der Waals surface area (Å²) in [4.78, 5) is 11.7. The molecule has 0 N–H and O–H groups in total. The summed E-state index contributed by atoms with van der Waals surface area (Å²) in [5.41, 5.74) is -1.16. The molecule has 1 rings (SSSR count). The van der Waals surface area contributed by atoms with Crippen LogP contribution in [0, 0.1) is 5.92 Å². The largest absolute Gasteiger partial charge is 0.466 e. The van der Waals surface area contributed by atoms with Crippen LogP contribution >= 0.6 is 0 Å². The molecule has 1 heterocycles. The van der Waals surface area contributed by atoms with Crippen LogP contribution in [0.2, 0.25) is 0 Å². The van der Waals surface area contributed by atoms with Gasteiger partial charge in [-0.15, -0.1) is 10.3 Å². The van der Waals surface area contributed by atoms with Crippen LogP contribution in [0.15, 0.2) is 0 Å². The zero-order valence-electron chi connectivity index (χ0n) is 10.2. The van der Waals surface area contributed by atoms with Gasteiger partial charge in [0.05, 0.1) is 18.1 Å². The maximum atomic E-state index is 12.0. The van der Waals surface area contributed by atoms with Crippen LogP contribution in [0.5, 0.6) is 0 Å². The highest BCUT2D eigenvalue weighted by Crippen LogP contribution is 2.44. The second-order valence-corrected chi connectivity index (χ2v) is 5.27. The number of rotatable bonds is 2. The van der Waals surface area contributed by atoms with Crippen molar-refractivity contribution in [2.45, 2.75) is 52.1 Å². The molecule has 1 atom stereocenters. The van der Waals surface area contributed by atoms with Crippen molar-refractivity contribution < 1.29 is 14.7 Å². The van der Waals surface area contributed by atoms with Gasteiger partial charge in [-0.05, 0) is 41.0 Å². The van der Waals surface area contributed by atoms with Crippen LogP contribution in [0.3, 0.4) is 0 Å². The number of hydrogen-bond donors (Lipinski definition) is 0. The van der Waals surface area contributed by atoms with E-state index in [1.807, 2.05) is 13.8 Å². The lowest BCUT2D eigenvalue weighted by molar-refractivity contribution is -0.248. The van der Waals surface area contributed by atoms with Gasteiger partial charge in [-0.1, -0.05) is 0 Å². The van der Waals surface area contributed by atoms with Crippen molar-refractivity contribution in [1.29, 1.82) is 0 Å². The van der Waals surface area contributed by atoms with Crippen molar-refractivity contribution >= 4 is 5.97 Å². The Hall–Kier alpha value is -0.610. The van der Waals surface area contributed by atoms with E-state index in [1.165, 1.54) is 0 Å². The third-order valence-corrected chi connectivity index (χ3v) is 3.20. The van der Waals surface area contributed by atoms with Gasteiger partial charge < -0.3 is 4.74 Å². The number of hydrogen-bond acceptors (Lipinski definition) is 3. The number of nitrogens with zero attached hydrogens (tertiary/aromatic N) is 1. The predicted octanol–water partition coefficient (Wildman–Crippen LogP) is 1.77. The molecular weight excluding hydrogens is 194 g/mol. The molecule has 0 amide bonds. The molecule has 0 aromatic carbocycles. The maximum Gasteiger partial charge on any atom is 0.310 e. The van der Waals surface area contributed by atoms with Crippen molar-refractivity contribution in [3.05, 3.63) is 0 Å². The molecule has 1 fully saturated rings. The minimum atomic E-state index is -0.671. The van der Waals surface area contributed by atoms with Gasteiger partial charge in [-0.2, -0.15) is 0 Å². The second-order valence-electron chi connectivity index (χ2n) is 5.27. The smallest absolute Gasteiger partial charge is 0.310 e. The maximum absolute atomic E-state index is 12.0. The normalized spacial score (nSPS) is 29.1. The fourth-order valence-corrected chi connectivity index (χ4v) is 2.37. The molecule has 0 aromatic rings. The standard InChI is InChI=1S/C11H20NO3/c1-6-15-9(13)8-7-10(2,3)12(14)11(8,4)5/h8H,6-7H2,1-5H3. The second kappa shape index (κ2) is 3.76. The molecule has 4 nitrogen and oxygen atoms in total. The third-order valence-electron chi connectivity index (χ3n) is 3.20. The summed E-state index contributed by atoms with van der Waals surface area (Å²) >= 11 is 0. The Bertz CT molecular complexity index is 261. The summed E-state index contributed by atoms with van der Waals surface area (Å²) < 4.78 is 5.00. The van der Waals surface area contributed by atoms with Crippen molar-refractivity contribution in [2.75, 3.05) is 6.61 Å². The lowest BCUT2D eigenvalue weighted by atomic mass is 9.87. The van der Waals surface area contributed by atoms with E-state index in [-0.39, 0.29) is 11.9 Å². The zero-order chi connectivity index (χ0) is 11.9. The van der Waals surface area contributed by atoms with Crippen molar-refractivity contribution in [2.24, 2.45) is 5.92 Å². The topological polar surface area (TPSA) is 49.4 Å². The average molecular weight is 214 g/mol. The molecule has 87 valence electrons. The summed E-state index contributed by atoms with van der Waals surface area (Å²) in [7, 11) is 0. The van der Waals surface area contributed by atoms with Gasteiger partial charge in [0.1, 0.15) is 0 Å². The highest BCUT2D eigenvalue weighted by Gasteiger charge is 2.55. The van der Waals surface area contributed by atoms with E-state index in [9.17, 15) is 10.0 Å². The van der Waals surface area contributed by atoms with Gasteiger partial charge in [0.25, 0.3) is 0 Å². The summed E-state index contributed by atoms with van der Waals surface area (Å²) in [6.07, 6.45) is 0.558. The van der Waals surface area contributed by atoms with Gasteiger partial charge in [0.15, 0.2) is 0 Å². The lowest BCUT2D eigenvalue weighted by Gasteiger charge is -2.32. The predicted molar refractivity (Wildman–Crippen MR) is 55.4 cm³/mol. The first-order chi connectivity index (χ1) is 6.73. The minimum absolute atomic E-state index is 0.256. The van der Waals surface area contributed by atoms with Crippen molar-refractivity contribution in [1.82, 2.24) is 5.06 Å². The lowest BCUT2D eigenvalue weighted by Crippen LogP contribution is -2.47. The molecule has 0 saturated carbocycles. The molecule has 1 aliphatic rings. The van der Waals surface area contributed by atoms with E-state index in [0.29, 0.717) is 13.0 Å². The Kier molecular flexibility index (Phi) is 3.12. The molecule has 1 unspecified atom stereocenters. The number of carbonyl (C=O) groups excluding carboxylic acids is 1. The molecule has 0 aromatic heterocycles.